The van der Waals surface area contributed by atoms with Crippen molar-refractivity contribution >= 4 is 17.3 Å². The van der Waals surface area contributed by atoms with Crippen LogP contribution in [-0.4, -0.2) is 5.94 Å². The lowest BCUT2D eigenvalue weighted by Gasteiger charge is -1.88. The first-order valence-corrected chi connectivity index (χ1v) is 4.00. The zero-order chi connectivity index (χ0) is 7.40. The van der Waals surface area contributed by atoms with Crippen molar-refractivity contribution in [1.29, 1.82) is 0 Å². The Bertz CT molecular complexity index is 256. The molecule has 0 spiro atoms. The van der Waals surface area contributed by atoms with Gasteiger partial charge in [-0.3, -0.25) is 0 Å². The number of allylic oxidation sites excluding steroid dienone is 1. The number of thiophene rings is 1. The van der Waals surface area contributed by atoms with E-state index < -0.39 is 0 Å². The van der Waals surface area contributed by atoms with Crippen LogP contribution in [0.5, 0.6) is 0 Å². The first-order chi connectivity index (χ1) is 4.84. The van der Waals surface area contributed by atoms with Crippen LogP contribution in [0.4, 0.5) is 0 Å². The van der Waals surface area contributed by atoms with Crippen molar-refractivity contribution in [2.24, 2.45) is 0 Å². The minimum absolute atomic E-state index is 0.721. The van der Waals surface area contributed by atoms with Gasteiger partial charge in [-0.25, -0.2) is 4.79 Å². The summed E-state index contributed by atoms with van der Waals surface area (Å²) < 4.78 is 0. The second-order valence-electron chi connectivity index (χ2n) is 2.11. The van der Waals surface area contributed by atoms with Gasteiger partial charge in [0.2, 0.25) is 0 Å². The first-order valence-electron chi connectivity index (χ1n) is 3.05. The van der Waals surface area contributed by atoms with E-state index in [9.17, 15) is 4.79 Å². The average molecular weight is 152 g/mol. The van der Waals surface area contributed by atoms with Gasteiger partial charge >= 0.3 is 0 Å². The Balaban J connectivity index is 2.74. The molecule has 0 fully saturated rings. The lowest BCUT2D eigenvalue weighted by Crippen LogP contribution is -1.78. The monoisotopic (exact) mass is 152 g/mol. The third kappa shape index (κ3) is 1.56. The van der Waals surface area contributed by atoms with Gasteiger partial charge in [-0.2, -0.15) is 11.3 Å². The molecular formula is C8H8OS. The van der Waals surface area contributed by atoms with Crippen LogP contribution in [0.25, 0.3) is 0 Å². The largest absolute Gasteiger partial charge is 0.234 e. The van der Waals surface area contributed by atoms with E-state index in [1.165, 1.54) is 17.2 Å². The Morgan fingerprint density at radius 3 is 3.00 bits per heavy atom. The highest BCUT2D eigenvalue weighted by Gasteiger charge is 1.94. The fourth-order valence-corrected chi connectivity index (χ4v) is 1.62. The molecule has 0 saturated carbocycles. The maximum Gasteiger partial charge on any atom is 0.120 e. The molecule has 0 amide bonds. The van der Waals surface area contributed by atoms with Gasteiger partial charge in [0.15, 0.2) is 0 Å². The van der Waals surface area contributed by atoms with Crippen LogP contribution < -0.4 is 0 Å². The molecule has 0 radical (unpaired) electrons. The van der Waals surface area contributed by atoms with Crippen LogP contribution in [-0.2, 0) is 11.2 Å². The van der Waals surface area contributed by atoms with Gasteiger partial charge < -0.3 is 0 Å². The summed E-state index contributed by atoms with van der Waals surface area (Å²) in [4.78, 5) is 9.83. The second kappa shape index (κ2) is 3.35. The number of hydrogen-bond acceptors (Lipinski definition) is 2. The van der Waals surface area contributed by atoms with E-state index in [1.54, 1.807) is 17.3 Å². The summed E-state index contributed by atoms with van der Waals surface area (Å²) in [6.45, 7) is 2.05. The summed E-state index contributed by atoms with van der Waals surface area (Å²) in [5.41, 5.74) is 2.49. The predicted octanol–water partition coefficient (Wildman–Crippen LogP) is 1.99. The van der Waals surface area contributed by atoms with Crippen LogP contribution in [0.2, 0.25) is 0 Å². The molecule has 1 heterocycles. The maximum absolute atomic E-state index is 9.83. The van der Waals surface area contributed by atoms with Crippen molar-refractivity contribution in [3.05, 3.63) is 28.0 Å². The molecule has 1 aromatic heterocycles. The highest BCUT2D eigenvalue weighted by molar-refractivity contribution is 7.08. The fourth-order valence-electron chi connectivity index (χ4n) is 0.748. The summed E-state index contributed by atoms with van der Waals surface area (Å²) in [6, 6.07) is 0. The van der Waals surface area contributed by atoms with Gasteiger partial charge in [0.25, 0.3) is 0 Å². The zero-order valence-corrected chi connectivity index (χ0v) is 6.57. The molecule has 0 aliphatic heterocycles. The molecule has 1 nitrogen and oxygen atoms in total. The molecule has 52 valence electrons. The number of aryl methyl sites for hydroxylation is 1. The van der Waals surface area contributed by atoms with Gasteiger partial charge in [0, 0.05) is 12.5 Å². The van der Waals surface area contributed by atoms with Gasteiger partial charge in [-0.15, -0.1) is 0 Å². The molecule has 0 aliphatic rings. The second-order valence-corrected chi connectivity index (χ2v) is 2.85. The molecule has 0 unspecified atom stereocenters. The fraction of sp³-hybridized carbons (Fsp3) is 0.250. The normalized spacial score (nSPS) is 8.90. The number of carbonyl (C=O) groups excluding carboxylic acids is 1. The van der Waals surface area contributed by atoms with Gasteiger partial charge in [0.1, 0.15) is 5.94 Å². The average Bonchev–Trinajstić information content (AvgIpc) is 2.31. The van der Waals surface area contributed by atoms with E-state index in [0.717, 1.165) is 6.42 Å². The van der Waals surface area contributed by atoms with Gasteiger partial charge in [-0.05, 0) is 28.8 Å². The summed E-state index contributed by atoms with van der Waals surface area (Å²) in [5, 5.41) is 4.14. The van der Waals surface area contributed by atoms with Gasteiger partial charge in [-0.1, -0.05) is 0 Å². The Hall–Kier alpha value is -0.850. The van der Waals surface area contributed by atoms with Crippen molar-refractivity contribution < 1.29 is 4.79 Å². The minimum atomic E-state index is 0.721. The Morgan fingerprint density at radius 1 is 1.70 bits per heavy atom. The summed E-state index contributed by atoms with van der Waals surface area (Å²) in [7, 11) is 0. The summed E-state index contributed by atoms with van der Waals surface area (Å²) in [6.07, 6.45) is 2.23. The molecule has 0 atom stereocenters. The van der Waals surface area contributed by atoms with Gasteiger partial charge in [0.05, 0.1) is 0 Å². The smallest absolute Gasteiger partial charge is 0.120 e. The van der Waals surface area contributed by atoms with Crippen molar-refractivity contribution in [2.45, 2.75) is 13.3 Å². The molecular weight excluding hydrogens is 144 g/mol. The third-order valence-corrected chi connectivity index (χ3v) is 2.28. The quantitative estimate of drug-likeness (QED) is 0.592. The van der Waals surface area contributed by atoms with Crippen molar-refractivity contribution in [3.63, 3.8) is 0 Å². The molecule has 0 saturated heterocycles. The van der Waals surface area contributed by atoms with Crippen LogP contribution in [0.1, 0.15) is 11.1 Å². The lowest BCUT2D eigenvalue weighted by molar-refractivity contribution is 0.568. The van der Waals surface area contributed by atoms with Crippen molar-refractivity contribution in [3.8, 4) is 0 Å². The van der Waals surface area contributed by atoms with Crippen LogP contribution in [0.3, 0.4) is 0 Å². The van der Waals surface area contributed by atoms with E-state index in [-0.39, 0.29) is 0 Å². The minimum Gasteiger partial charge on any atom is -0.234 e. The van der Waals surface area contributed by atoms with E-state index >= 15 is 0 Å². The molecule has 1 aromatic rings. The number of hydrogen-bond donors (Lipinski definition) is 0. The van der Waals surface area contributed by atoms with E-state index in [0.29, 0.717) is 0 Å². The van der Waals surface area contributed by atoms with Crippen molar-refractivity contribution in [1.82, 2.24) is 0 Å². The third-order valence-electron chi connectivity index (χ3n) is 1.37. The number of rotatable bonds is 2. The molecule has 1 rings (SSSR count). The molecule has 0 aromatic carbocycles. The molecule has 0 N–H and O–H groups in total. The molecule has 0 bridgehead atoms. The van der Waals surface area contributed by atoms with E-state index in [4.69, 9.17) is 0 Å². The summed E-state index contributed by atoms with van der Waals surface area (Å²) in [5.74, 6) is 1.76. The molecule has 0 aliphatic carbocycles. The first kappa shape index (κ1) is 7.26. The standard InChI is InChI=1S/C8H8OS/c1-7-5-10-6-8(7)3-2-4-9/h2,5-6H,3H2,1H3. The highest BCUT2D eigenvalue weighted by atomic mass is 32.1. The van der Waals surface area contributed by atoms with E-state index in [2.05, 4.69) is 10.8 Å². The van der Waals surface area contributed by atoms with Crippen LogP contribution >= 0.6 is 11.3 Å². The Morgan fingerprint density at radius 2 is 2.50 bits per heavy atom. The topological polar surface area (TPSA) is 17.1 Å². The Kier molecular flexibility index (Phi) is 2.43. The molecule has 10 heavy (non-hydrogen) atoms. The van der Waals surface area contributed by atoms with E-state index in [1.807, 2.05) is 6.92 Å². The van der Waals surface area contributed by atoms with Crippen LogP contribution in [0, 0.1) is 6.92 Å². The predicted molar refractivity (Wildman–Crippen MR) is 43.0 cm³/mol. The van der Waals surface area contributed by atoms with Crippen molar-refractivity contribution in [2.75, 3.05) is 0 Å². The maximum atomic E-state index is 9.83. The highest BCUT2D eigenvalue weighted by Crippen LogP contribution is 2.13. The lowest BCUT2D eigenvalue weighted by atomic mass is 10.2. The zero-order valence-electron chi connectivity index (χ0n) is 5.76. The SMILES string of the molecule is Cc1cscc1CC=C=O. The Labute approximate surface area is 64.0 Å². The van der Waals surface area contributed by atoms with Crippen LogP contribution in [0.15, 0.2) is 16.8 Å². The molecule has 2 heteroatoms. The summed E-state index contributed by atoms with van der Waals surface area (Å²) >= 11 is 1.67.